The molecule has 1 saturated heterocycles. The van der Waals surface area contributed by atoms with Gasteiger partial charge in [-0.25, -0.2) is 13.4 Å². The highest BCUT2D eigenvalue weighted by Gasteiger charge is 2.35. The van der Waals surface area contributed by atoms with Crippen LogP contribution in [0.1, 0.15) is 20.3 Å². The van der Waals surface area contributed by atoms with Crippen molar-refractivity contribution in [3.8, 4) is 0 Å². The molecule has 23 heavy (non-hydrogen) atoms. The number of pyridine rings is 1. The summed E-state index contributed by atoms with van der Waals surface area (Å²) >= 11 is 5.74. The van der Waals surface area contributed by atoms with Crippen LogP contribution < -0.4 is 0 Å². The van der Waals surface area contributed by atoms with Gasteiger partial charge in [-0.2, -0.15) is 4.31 Å². The largest absolute Gasteiger partial charge is 0.385 e. The van der Waals surface area contributed by atoms with E-state index in [2.05, 4.69) is 23.7 Å². The van der Waals surface area contributed by atoms with Crippen molar-refractivity contribution >= 4 is 21.6 Å². The number of ether oxygens (including phenoxy) is 1. The van der Waals surface area contributed by atoms with Crippen LogP contribution >= 0.6 is 11.6 Å². The van der Waals surface area contributed by atoms with Crippen LogP contribution in [0.25, 0.3) is 0 Å². The number of hydrogen-bond acceptors (Lipinski definition) is 5. The Morgan fingerprint density at radius 3 is 2.48 bits per heavy atom. The minimum Gasteiger partial charge on any atom is -0.385 e. The van der Waals surface area contributed by atoms with Gasteiger partial charge in [-0.15, -0.1) is 0 Å². The summed E-state index contributed by atoms with van der Waals surface area (Å²) in [6, 6.07) is 3.32. The second-order valence-corrected chi connectivity index (χ2v) is 8.25. The van der Waals surface area contributed by atoms with Crippen molar-refractivity contribution < 1.29 is 13.2 Å². The molecule has 8 heteroatoms. The molecule has 0 saturated carbocycles. The number of hydrogen-bond donors (Lipinski definition) is 0. The Bertz CT molecular complexity index is 597. The fourth-order valence-corrected chi connectivity index (χ4v) is 4.66. The Morgan fingerprint density at radius 2 is 1.96 bits per heavy atom. The molecule has 2 heterocycles. The lowest BCUT2D eigenvalue weighted by atomic mass is 10.1. The highest BCUT2D eigenvalue weighted by atomic mass is 35.5. The van der Waals surface area contributed by atoms with Crippen molar-refractivity contribution in [1.82, 2.24) is 14.2 Å². The first-order valence-corrected chi connectivity index (χ1v) is 9.54. The third-order valence-corrected chi connectivity index (χ3v) is 6.21. The lowest BCUT2D eigenvalue weighted by molar-refractivity contribution is 0.0666. The van der Waals surface area contributed by atoms with Crippen LogP contribution in [-0.4, -0.2) is 68.0 Å². The smallest absolute Gasteiger partial charge is 0.244 e. The molecular weight excluding hydrogens is 338 g/mol. The Balaban J connectivity index is 2.09. The molecule has 0 N–H and O–H groups in total. The van der Waals surface area contributed by atoms with Gasteiger partial charge in [0, 0.05) is 51.6 Å². The number of piperazine rings is 1. The minimum absolute atomic E-state index is 0.158. The van der Waals surface area contributed by atoms with Crippen LogP contribution in [-0.2, 0) is 14.8 Å². The molecule has 1 aromatic heterocycles. The van der Waals surface area contributed by atoms with Crippen LogP contribution in [0.5, 0.6) is 0 Å². The molecule has 1 aliphatic rings. The molecule has 1 aromatic rings. The number of methoxy groups -OCH3 is 1. The molecule has 2 atom stereocenters. The maximum atomic E-state index is 12.8. The summed E-state index contributed by atoms with van der Waals surface area (Å²) in [7, 11) is -1.84. The van der Waals surface area contributed by atoms with Crippen molar-refractivity contribution in [1.29, 1.82) is 0 Å². The Labute approximate surface area is 143 Å². The van der Waals surface area contributed by atoms with Gasteiger partial charge in [-0.3, -0.25) is 4.90 Å². The zero-order valence-electron chi connectivity index (χ0n) is 13.8. The van der Waals surface area contributed by atoms with E-state index >= 15 is 0 Å². The Hall–Kier alpha value is -0.730. The van der Waals surface area contributed by atoms with Gasteiger partial charge in [0.2, 0.25) is 10.0 Å². The lowest BCUT2D eigenvalue weighted by Gasteiger charge is -2.43. The summed E-state index contributed by atoms with van der Waals surface area (Å²) in [6.45, 7) is 6.70. The van der Waals surface area contributed by atoms with Crippen LogP contribution in [0.15, 0.2) is 23.2 Å². The molecule has 6 nitrogen and oxygen atoms in total. The summed E-state index contributed by atoms with van der Waals surface area (Å²) in [5, 5.41) is 0.286. The number of aromatic nitrogens is 1. The fraction of sp³-hybridized carbons (Fsp3) is 0.667. The molecule has 130 valence electrons. The predicted octanol–water partition coefficient (Wildman–Crippen LogP) is 1.85. The highest BCUT2D eigenvalue weighted by Crippen LogP contribution is 2.23. The SMILES string of the molecule is COCCCN1C(C)CN(S(=O)(=O)c2ccc(Cl)nc2)CC1C. The van der Waals surface area contributed by atoms with Gasteiger partial charge in [-0.05, 0) is 32.4 Å². The van der Waals surface area contributed by atoms with Crippen molar-refractivity contribution in [2.24, 2.45) is 0 Å². The molecule has 2 rings (SSSR count). The predicted molar refractivity (Wildman–Crippen MR) is 90.1 cm³/mol. The topological polar surface area (TPSA) is 62.7 Å². The van der Waals surface area contributed by atoms with E-state index < -0.39 is 10.0 Å². The number of halogens is 1. The second-order valence-electron chi connectivity index (χ2n) is 5.92. The van der Waals surface area contributed by atoms with Gasteiger partial charge < -0.3 is 4.74 Å². The normalized spacial score (nSPS) is 24.0. The monoisotopic (exact) mass is 361 g/mol. The summed E-state index contributed by atoms with van der Waals surface area (Å²) < 4.78 is 32.2. The Morgan fingerprint density at radius 1 is 1.30 bits per heavy atom. The minimum atomic E-state index is -3.53. The first kappa shape index (κ1) is 18.6. The summed E-state index contributed by atoms with van der Waals surface area (Å²) in [5.74, 6) is 0. The van der Waals surface area contributed by atoms with Crippen molar-refractivity contribution in [3.63, 3.8) is 0 Å². The van der Waals surface area contributed by atoms with Crippen LogP contribution in [0.2, 0.25) is 5.15 Å². The molecule has 0 bridgehead atoms. The van der Waals surface area contributed by atoms with Gasteiger partial charge >= 0.3 is 0 Å². The average molecular weight is 362 g/mol. The summed E-state index contributed by atoms with van der Waals surface area (Å²) in [6.07, 6.45) is 2.26. The molecule has 1 aliphatic heterocycles. The summed E-state index contributed by atoms with van der Waals surface area (Å²) in [4.78, 5) is 6.41. The Kier molecular flexibility index (Phi) is 6.39. The molecule has 0 radical (unpaired) electrons. The van der Waals surface area contributed by atoms with E-state index in [1.807, 2.05) is 0 Å². The molecular formula is C15H24ClN3O3S. The van der Waals surface area contributed by atoms with Crippen molar-refractivity contribution in [2.45, 2.75) is 37.2 Å². The molecule has 0 amide bonds. The first-order valence-electron chi connectivity index (χ1n) is 7.72. The lowest BCUT2D eigenvalue weighted by Crippen LogP contribution is -2.58. The average Bonchev–Trinajstić information content (AvgIpc) is 2.50. The standard InChI is InChI=1S/C15H24ClN3O3S/c1-12-10-18(11-13(2)19(12)7-4-8-22-3)23(20,21)14-5-6-15(16)17-9-14/h5-6,9,12-13H,4,7-8,10-11H2,1-3H3. The van der Waals surface area contributed by atoms with E-state index in [-0.39, 0.29) is 22.1 Å². The third-order valence-electron chi connectivity index (χ3n) is 4.17. The van der Waals surface area contributed by atoms with E-state index in [0.29, 0.717) is 19.7 Å². The highest BCUT2D eigenvalue weighted by molar-refractivity contribution is 7.89. The van der Waals surface area contributed by atoms with E-state index in [1.165, 1.54) is 18.3 Å². The van der Waals surface area contributed by atoms with Gasteiger partial charge in [0.1, 0.15) is 10.0 Å². The fourth-order valence-electron chi connectivity index (χ4n) is 3.00. The quantitative estimate of drug-likeness (QED) is 0.571. The maximum absolute atomic E-state index is 12.8. The zero-order chi connectivity index (χ0) is 17.0. The summed E-state index contributed by atoms with van der Waals surface area (Å²) in [5.41, 5.74) is 0. The second kappa shape index (κ2) is 7.90. The molecule has 0 aliphatic carbocycles. The van der Waals surface area contributed by atoms with E-state index in [4.69, 9.17) is 16.3 Å². The van der Waals surface area contributed by atoms with Crippen LogP contribution in [0, 0.1) is 0 Å². The molecule has 0 spiro atoms. The van der Waals surface area contributed by atoms with Gasteiger partial charge in [0.15, 0.2) is 0 Å². The van der Waals surface area contributed by atoms with Crippen molar-refractivity contribution in [2.75, 3.05) is 33.4 Å². The molecule has 2 unspecified atom stereocenters. The van der Waals surface area contributed by atoms with Gasteiger partial charge in [-0.1, -0.05) is 11.6 Å². The van der Waals surface area contributed by atoms with Crippen LogP contribution in [0.3, 0.4) is 0 Å². The van der Waals surface area contributed by atoms with Gasteiger partial charge in [0.05, 0.1) is 0 Å². The maximum Gasteiger partial charge on any atom is 0.244 e. The van der Waals surface area contributed by atoms with Crippen LogP contribution in [0.4, 0.5) is 0 Å². The zero-order valence-corrected chi connectivity index (χ0v) is 15.3. The number of nitrogens with zero attached hydrogens (tertiary/aromatic N) is 3. The first-order chi connectivity index (χ1) is 10.9. The molecule has 0 aromatic carbocycles. The van der Waals surface area contributed by atoms with E-state index in [1.54, 1.807) is 11.4 Å². The van der Waals surface area contributed by atoms with Crippen molar-refractivity contribution in [3.05, 3.63) is 23.5 Å². The van der Waals surface area contributed by atoms with E-state index in [0.717, 1.165) is 13.0 Å². The molecule has 1 fully saturated rings. The number of rotatable bonds is 6. The third kappa shape index (κ3) is 4.42. The van der Waals surface area contributed by atoms with E-state index in [9.17, 15) is 8.42 Å². The number of sulfonamides is 1. The van der Waals surface area contributed by atoms with Gasteiger partial charge in [0.25, 0.3) is 0 Å².